The first-order valence-electron chi connectivity index (χ1n) is 6.98. The lowest BCUT2D eigenvalue weighted by Gasteiger charge is -2.47. The number of halogens is 4. The minimum atomic E-state index is -4.60. The van der Waals surface area contributed by atoms with Crippen molar-refractivity contribution in [2.75, 3.05) is 13.1 Å². The minimum Gasteiger partial charge on any atom is -0.472 e. The van der Waals surface area contributed by atoms with Crippen LogP contribution in [0.2, 0.25) is 0 Å². The Hall–Kier alpha value is -1.37. The van der Waals surface area contributed by atoms with Crippen LogP contribution in [0.3, 0.4) is 0 Å². The zero-order valence-corrected chi connectivity index (χ0v) is 11.3. The summed E-state index contributed by atoms with van der Waals surface area (Å²) < 4.78 is 56.4. The summed E-state index contributed by atoms with van der Waals surface area (Å²) in [5, 5.41) is 3.25. The van der Waals surface area contributed by atoms with Crippen LogP contribution >= 0.6 is 0 Å². The van der Waals surface area contributed by atoms with Crippen LogP contribution in [0.15, 0.2) is 12.3 Å². The fraction of sp³-hybridized carbons (Fsp3) is 0.643. The van der Waals surface area contributed by atoms with E-state index in [0.29, 0.717) is 17.7 Å². The highest BCUT2D eigenvalue weighted by Crippen LogP contribution is 2.40. The smallest absolute Gasteiger partial charge is 0.417 e. The molecule has 0 bridgehead atoms. The molecular weight excluding hydrogens is 288 g/mol. The van der Waals surface area contributed by atoms with E-state index >= 15 is 0 Å². The second-order valence-corrected chi connectivity index (χ2v) is 5.93. The van der Waals surface area contributed by atoms with Crippen LogP contribution < -0.4 is 10.1 Å². The standard InChI is InChI=1S/C14H16F4N2O/c15-11-5-9(14(16,17)18)6-20-12(11)21-10-1-3-13(4-2-10)7-19-8-13/h5-6,10,19H,1-4,7-8H2. The lowest BCUT2D eigenvalue weighted by Crippen LogP contribution is -2.55. The van der Waals surface area contributed by atoms with Gasteiger partial charge in [0.05, 0.1) is 5.56 Å². The first kappa shape index (κ1) is 14.6. The van der Waals surface area contributed by atoms with Crippen molar-refractivity contribution in [3.05, 3.63) is 23.6 Å². The van der Waals surface area contributed by atoms with Gasteiger partial charge < -0.3 is 10.1 Å². The maximum atomic E-state index is 13.7. The molecule has 1 aliphatic carbocycles. The van der Waals surface area contributed by atoms with Crippen molar-refractivity contribution in [3.63, 3.8) is 0 Å². The van der Waals surface area contributed by atoms with E-state index in [1.165, 1.54) is 0 Å². The van der Waals surface area contributed by atoms with Crippen LogP contribution in [0.1, 0.15) is 31.2 Å². The Bertz CT molecular complexity index is 518. The highest BCUT2D eigenvalue weighted by Gasteiger charge is 2.41. The quantitative estimate of drug-likeness (QED) is 0.852. The fourth-order valence-corrected chi connectivity index (χ4v) is 2.98. The van der Waals surface area contributed by atoms with E-state index in [4.69, 9.17) is 4.74 Å². The summed E-state index contributed by atoms with van der Waals surface area (Å²) in [5.41, 5.74) is -0.748. The molecule has 7 heteroatoms. The number of rotatable bonds is 2. The van der Waals surface area contributed by atoms with Gasteiger partial charge >= 0.3 is 6.18 Å². The molecule has 0 radical (unpaired) electrons. The van der Waals surface area contributed by atoms with Crippen LogP contribution in [0.4, 0.5) is 17.6 Å². The van der Waals surface area contributed by atoms with E-state index in [9.17, 15) is 17.6 Å². The Kier molecular flexibility index (Phi) is 3.55. The van der Waals surface area contributed by atoms with Gasteiger partial charge in [0.2, 0.25) is 0 Å². The first-order valence-corrected chi connectivity index (χ1v) is 6.98. The van der Waals surface area contributed by atoms with Crippen molar-refractivity contribution >= 4 is 0 Å². The maximum absolute atomic E-state index is 13.7. The number of ether oxygens (including phenoxy) is 1. The molecule has 1 N–H and O–H groups in total. The molecule has 1 saturated heterocycles. The van der Waals surface area contributed by atoms with E-state index in [0.717, 1.165) is 38.8 Å². The van der Waals surface area contributed by atoms with E-state index in [2.05, 4.69) is 10.3 Å². The van der Waals surface area contributed by atoms with Crippen molar-refractivity contribution in [2.24, 2.45) is 5.41 Å². The predicted molar refractivity (Wildman–Crippen MR) is 67.4 cm³/mol. The predicted octanol–water partition coefficient (Wildman–Crippen LogP) is 3.15. The number of alkyl halides is 3. The molecule has 1 saturated carbocycles. The second-order valence-electron chi connectivity index (χ2n) is 5.93. The summed E-state index contributed by atoms with van der Waals surface area (Å²) in [6, 6.07) is 0.433. The SMILES string of the molecule is Fc1cc(C(F)(F)F)cnc1OC1CCC2(CC1)CNC2. The van der Waals surface area contributed by atoms with Crippen molar-refractivity contribution in [1.82, 2.24) is 10.3 Å². The van der Waals surface area contributed by atoms with Crippen LogP contribution in [0, 0.1) is 11.2 Å². The van der Waals surface area contributed by atoms with Gasteiger partial charge in [-0.05, 0) is 37.2 Å². The van der Waals surface area contributed by atoms with E-state index < -0.39 is 17.6 Å². The maximum Gasteiger partial charge on any atom is 0.417 e. The van der Waals surface area contributed by atoms with Crippen LogP contribution in [0.25, 0.3) is 0 Å². The molecule has 3 rings (SSSR count). The fourth-order valence-electron chi connectivity index (χ4n) is 2.98. The molecule has 116 valence electrons. The zero-order chi connectivity index (χ0) is 15.1. The van der Waals surface area contributed by atoms with Gasteiger partial charge in [0.1, 0.15) is 6.10 Å². The summed E-state index contributed by atoms with van der Waals surface area (Å²) in [6.45, 7) is 2.01. The van der Waals surface area contributed by atoms with Gasteiger partial charge in [-0.25, -0.2) is 9.37 Å². The highest BCUT2D eigenvalue weighted by molar-refractivity contribution is 5.22. The van der Waals surface area contributed by atoms with Gasteiger partial charge in [-0.3, -0.25) is 0 Å². The number of pyridine rings is 1. The normalized spacial score (nSPS) is 22.1. The number of nitrogens with zero attached hydrogens (tertiary/aromatic N) is 1. The van der Waals surface area contributed by atoms with Crippen LogP contribution in [-0.4, -0.2) is 24.2 Å². The number of hydrogen-bond donors (Lipinski definition) is 1. The summed E-state index contributed by atoms with van der Waals surface area (Å²) in [7, 11) is 0. The van der Waals surface area contributed by atoms with Gasteiger partial charge in [0, 0.05) is 19.3 Å². The van der Waals surface area contributed by atoms with Crippen molar-refractivity contribution in [1.29, 1.82) is 0 Å². The Balaban J connectivity index is 1.63. The van der Waals surface area contributed by atoms with Gasteiger partial charge in [0.15, 0.2) is 5.82 Å². The molecule has 2 aliphatic rings. The second kappa shape index (κ2) is 5.12. The first-order chi connectivity index (χ1) is 9.88. The zero-order valence-electron chi connectivity index (χ0n) is 11.3. The Morgan fingerprint density at radius 1 is 1.24 bits per heavy atom. The van der Waals surface area contributed by atoms with Crippen molar-refractivity contribution < 1.29 is 22.3 Å². The molecule has 2 fully saturated rings. The molecular formula is C14H16F4N2O. The average Bonchev–Trinajstić information content (AvgIpc) is 2.39. The molecule has 1 aromatic rings. The van der Waals surface area contributed by atoms with E-state index in [1.54, 1.807) is 0 Å². The summed E-state index contributed by atoms with van der Waals surface area (Å²) in [6.07, 6.45) is -0.609. The molecule has 21 heavy (non-hydrogen) atoms. The van der Waals surface area contributed by atoms with Crippen molar-refractivity contribution in [3.8, 4) is 5.88 Å². The van der Waals surface area contributed by atoms with Crippen LogP contribution in [-0.2, 0) is 6.18 Å². The van der Waals surface area contributed by atoms with Crippen LogP contribution in [0.5, 0.6) is 5.88 Å². The Morgan fingerprint density at radius 2 is 1.90 bits per heavy atom. The largest absolute Gasteiger partial charge is 0.472 e. The van der Waals surface area contributed by atoms with Gasteiger partial charge in [-0.15, -0.1) is 0 Å². The molecule has 0 unspecified atom stereocenters. The molecule has 0 atom stereocenters. The third kappa shape index (κ3) is 2.97. The molecule has 2 heterocycles. The Labute approximate surface area is 119 Å². The summed E-state index contributed by atoms with van der Waals surface area (Å²) >= 11 is 0. The molecule has 1 aliphatic heterocycles. The number of hydrogen-bond acceptors (Lipinski definition) is 3. The number of nitrogens with one attached hydrogen (secondary N) is 1. The third-order valence-corrected chi connectivity index (χ3v) is 4.41. The highest BCUT2D eigenvalue weighted by atomic mass is 19.4. The molecule has 0 aromatic carbocycles. The Morgan fingerprint density at radius 3 is 2.38 bits per heavy atom. The minimum absolute atomic E-state index is 0.171. The lowest BCUT2D eigenvalue weighted by molar-refractivity contribution is -0.138. The van der Waals surface area contributed by atoms with E-state index in [1.807, 2.05) is 0 Å². The van der Waals surface area contributed by atoms with Crippen molar-refractivity contribution in [2.45, 2.75) is 38.0 Å². The topological polar surface area (TPSA) is 34.1 Å². The summed E-state index contributed by atoms with van der Waals surface area (Å²) in [5.74, 6) is -1.40. The molecule has 0 amide bonds. The van der Waals surface area contributed by atoms with Gasteiger partial charge in [0.25, 0.3) is 5.88 Å². The third-order valence-electron chi connectivity index (χ3n) is 4.41. The van der Waals surface area contributed by atoms with Gasteiger partial charge in [-0.1, -0.05) is 0 Å². The van der Waals surface area contributed by atoms with Gasteiger partial charge in [-0.2, -0.15) is 13.2 Å². The average molecular weight is 304 g/mol. The molecule has 1 spiro atoms. The summed E-state index contributed by atoms with van der Waals surface area (Å²) in [4.78, 5) is 3.48. The number of aromatic nitrogens is 1. The molecule has 1 aromatic heterocycles. The monoisotopic (exact) mass is 304 g/mol. The molecule has 3 nitrogen and oxygen atoms in total. The lowest BCUT2D eigenvalue weighted by atomic mass is 9.69. The van der Waals surface area contributed by atoms with E-state index in [-0.39, 0.29) is 12.0 Å².